The summed E-state index contributed by atoms with van der Waals surface area (Å²) in [4.78, 5) is 0. The van der Waals surface area contributed by atoms with E-state index in [1.54, 1.807) is 0 Å². The highest BCUT2D eigenvalue weighted by Gasteiger charge is 2.53. The molecule has 3 aliphatic rings. The number of benzene rings is 3. The molecule has 1 fully saturated rings. The monoisotopic (exact) mass is 472 g/mol. The Morgan fingerprint density at radius 1 is 0.639 bits per heavy atom. The predicted octanol–water partition coefficient (Wildman–Crippen LogP) is 6.99. The fourth-order valence-corrected chi connectivity index (χ4v) is 6.11. The SMILES string of the molecule is CC1(C)OB(c2cccc3c2C2=C/C=C\C=C(/CC2)C3(c2ccccc2)c2ccccc2)OC1(C)C. The Morgan fingerprint density at radius 3 is 1.83 bits per heavy atom. The van der Waals surface area contributed by atoms with Gasteiger partial charge in [0.1, 0.15) is 0 Å². The van der Waals surface area contributed by atoms with Crippen molar-refractivity contribution in [1.29, 1.82) is 0 Å². The van der Waals surface area contributed by atoms with Crippen LogP contribution in [-0.4, -0.2) is 18.3 Å². The Bertz CT molecular complexity index is 1320. The first-order valence-corrected chi connectivity index (χ1v) is 13.0. The Morgan fingerprint density at radius 2 is 1.22 bits per heavy atom. The fraction of sp³-hybridized carbons (Fsp3) is 0.273. The van der Waals surface area contributed by atoms with Gasteiger partial charge in [0.25, 0.3) is 0 Å². The van der Waals surface area contributed by atoms with E-state index in [0.717, 1.165) is 18.3 Å². The molecular weight excluding hydrogens is 439 g/mol. The second-order valence-electron chi connectivity index (χ2n) is 11.1. The van der Waals surface area contributed by atoms with Crippen LogP contribution in [0.15, 0.2) is 109 Å². The summed E-state index contributed by atoms with van der Waals surface area (Å²) in [5.74, 6) is 0. The lowest BCUT2D eigenvalue weighted by Gasteiger charge is -2.39. The molecule has 1 aliphatic heterocycles. The van der Waals surface area contributed by atoms with Gasteiger partial charge in [0, 0.05) is 0 Å². The molecule has 0 unspecified atom stereocenters. The molecule has 3 aromatic rings. The van der Waals surface area contributed by atoms with E-state index in [-0.39, 0.29) is 0 Å². The van der Waals surface area contributed by atoms with Crippen LogP contribution in [-0.2, 0) is 14.7 Å². The van der Waals surface area contributed by atoms with Crippen LogP contribution in [0.2, 0.25) is 0 Å². The first kappa shape index (κ1) is 23.3. The quantitative estimate of drug-likeness (QED) is 0.383. The molecule has 2 bridgehead atoms. The lowest BCUT2D eigenvalue weighted by molar-refractivity contribution is 0.00578. The average molecular weight is 472 g/mol. The van der Waals surface area contributed by atoms with E-state index in [9.17, 15) is 0 Å². The third-order valence-corrected chi connectivity index (χ3v) is 8.59. The van der Waals surface area contributed by atoms with Crippen molar-refractivity contribution in [2.45, 2.75) is 57.2 Å². The molecule has 3 aromatic carbocycles. The highest BCUT2D eigenvalue weighted by atomic mass is 16.7. The molecule has 1 saturated heterocycles. The van der Waals surface area contributed by atoms with E-state index >= 15 is 0 Å². The Balaban J connectivity index is 1.71. The largest absolute Gasteiger partial charge is 0.495 e. The number of hydrogen-bond acceptors (Lipinski definition) is 2. The van der Waals surface area contributed by atoms with Crippen LogP contribution in [0.3, 0.4) is 0 Å². The van der Waals surface area contributed by atoms with Gasteiger partial charge in [-0.15, -0.1) is 0 Å². The van der Waals surface area contributed by atoms with Gasteiger partial charge in [-0.2, -0.15) is 0 Å². The first-order chi connectivity index (χ1) is 17.3. The minimum atomic E-state index is -0.423. The Hall–Kier alpha value is -3.14. The van der Waals surface area contributed by atoms with Gasteiger partial charge >= 0.3 is 7.12 Å². The molecule has 0 aromatic heterocycles. The standard InChI is InChI=1S/C33H33BO2/c1-31(2)32(3,4)36-34(35-31)29-21-13-20-28-30(29)24-14-11-12-19-27(23-22-24)33(28,25-15-7-5-8-16-25)26-17-9-6-10-18-26/h5-21H,22-23H2,1-4H3/b12-11-,24-14?,27-19+. The van der Waals surface area contributed by atoms with Gasteiger partial charge in [-0.3, -0.25) is 0 Å². The maximum atomic E-state index is 6.62. The van der Waals surface area contributed by atoms with Crippen LogP contribution in [0.5, 0.6) is 0 Å². The third kappa shape index (κ3) is 3.41. The summed E-state index contributed by atoms with van der Waals surface area (Å²) >= 11 is 0. The van der Waals surface area contributed by atoms with Gasteiger partial charge in [-0.25, -0.2) is 0 Å². The van der Waals surface area contributed by atoms with E-state index in [1.165, 1.54) is 33.4 Å². The molecule has 6 rings (SSSR count). The summed E-state index contributed by atoms with van der Waals surface area (Å²) in [6.45, 7) is 8.51. The van der Waals surface area contributed by atoms with Gasteiger partial charge in [0.15, 0.2) is 0 Å². The summed E-state index contributed by atoms with van der Waals surface area (Å²) in [7, 11) is -0.423. The lowest BCUT2D eigenvalue weighted by Crippen LogP contribution is -2.41. The van der Waals surface area contributed by atoms with E-state index in [4.69, 9.17) is 9.31 Å². The average Bonchev–Trinajstić information content (AvgIpc) is 3.02. The maximum absolute atomic E-state index is 6.62. The molecule has 36 heavy (non-hydrogen) atoms. The highest BCUT2D eigenvalue weighted by Crippen LogP contribution is 2.52. The molecule has 0 radical (unpaired) electrons. The molecular formula is C33H33BO2. The van der Waals surface area contributed by atoms with Gasteiger partial charge < -0.3 is 9.31 Å². The summed E-state index contributed by atoms with van der Waals surface area (Å²) in [5.41, 5.74) is 7.78. The molecule has 0 N–H and O–H groups in total. The van der Waals surface area contributed by atoms with Crippen molar-refractivity contribution in [1.82, 2.24) is 0 Å². The van der Waals surface area contributed by atoms with Crippen LogP contribution in [0, 0.1) is 0 Å². The normalized spacial score (nSPS) is 23.5. The van der Waals surface area contributed by atoms with E-state index < -0.39 is 23.7 Å². The second-order valence-corrected chi connectivity index (χ2v) is 11.1. The number of hydrogen-bond donors (Lipinski definition) is 0. The smallest absolute Gasteiger partial charge is 0.399 e. The van der Waals surface area contributed by atoms with Gasteiger partial charge in [-0.1, -0.05) is 109 Å². The summed E-state index contributed by atoms with van der Waals surface area (Å²) < 4.78 is 13.2. The van der Waals surface area contributed by atoms with Crippen molar-refractivity contribution >= 4 is 18.2 Å². The zero-order chi connectivity index (χ0) is 25.0. The van der Waals surface area contributed by atoms with Crippen molar-refractivity contribution in [2.75, 3.05) is 0 Å². The van der Waals surface area contributed by atoms with Gasteiger partial charge in [-0.05, 0) is 73.8 Å². The predicted molar refractivity (Wildman–Crippen MR) is 149 cm³/mol. The first-order valence-electron chi connectivity index (χ1n) is 13.0. The number of allylic oxidation sites excluding steroid dienone is 6. The molecule has 3 heteroatoms. The molecule has 0 saturated carbocycles. The zero-order valence-corrected chi connectivity index (χ0v) is 21.6. The second kappa shape index (κ2) is 8.47. The maximum Gasteiger partial charge on any atom is 0.495 e. The van der Waals surface area contributed by atoms with Crippen LogP contribution < -0.4 is 5.46 Å². The molecule has 180 valence electrons. The summed E-state index contributed by atoms with van der Waals surface area (Å²) in [6, 6.07) is 28.7. The minimum absolute atomic E-state index is 0.399. The summed E-state index contributed by atoms with van der Waals surface area (Å²) in [5, 5.41) is 0. The van der Waals surface area contributed by atoms with Crippen molar-refractivity contribution < 1.29 is 9.31 Å². The topological polar surface area (TPSA) is 18.5 Å². The lowest BCUT2D eigenvalue weighted by atomic mass is 9.61. The van der Waals surface area contributed by atoms with Crippen LogP contribution >= 0.6 is 0 Å². The van der Waals surface area contributed by atoms with Crippen molar-refractivity contribution in [3.63, 3.8) is 0 Å². The van der Waals surface area contributed by atoms with Crippen molar-refractivity contribution in [2.24, 2.45) is 0 Å². The van der Waals surface area contributed by atoms with Gasteiger partial charge in [0.2, 0.25) is 0 Å². The van der Waals surface area contributed by atoms with Gasteiger partial charge in [0.05, 0.1) is 16.6 Å². The molecule has 0 atom stereocenters. The van der Waals surface area contributed by atoms with Crippen LogP contribution in [0.1, 0.15) is 62.8 Å². The molecule has 2 nitrogen and oxygen atoms in total. The minimum Gasteiger partial charge on any atom is -0.399 e. The Labute approximate surface area is 215 Å². The molecule has 1 heterocycles. The van der Waals surface area contributed by atoms with E-state index in [1.807, 2.05) is 0 Å². The number of rotatable bonds is 3. The Kier molecular flexibility index (Phi) is 5.48. The van der Waals surface area contributed by atoms with Crippen LogP contribution in [0.4, 0.5) is 0 Å². The van der Waals surface area contributed by atoms with Crippen molar-refractivity contribution in [3.8, 4) is 0 Å². The molecule has 2 aliphatic carbocycles. The zero-order valence-electron chi connectivity index (χ0n) is 21.6. The van der Waals surface area contributed by atoms with Crippen LogP contribution in [0.25, 0.3) is 5.57 Å². The highest BCUT2D eigenvalue weighted by molar-refractivity contribution is 6.63. The number of fused-ring (bicyclic) bond motifs is 5. The van der Waals surface area contributed by atoms with Crippen molar-refractivity contribution in [3.05, 3.63) is 131 Å². The fourth-order valence-electron chi connectivity index (χ4n) is 6.11. The molecule has 0 amide bonds. The van der Waals surface area contributed by atoms with E-state index in [2.05, 4.69) is 131 Å². The molecule has 0 spiro atoms. The summed E-state index contributed by atoms with van der Waals surface area (Å²) in [6.07, 6.45) is 11.0. The van der Waals surface area contributed by atoms with E-state index in [0.29, 0.717) is 0 Å². The third-order valence-electron chi connectivity index (χ3n) is 8.59.